The Labute approximate surface area is 99.4 Å². The molecule has 2 nitrogen and oxygen atoms in total. The van der Waals surface area contributed by atoms with Crippen LogP contribution in [0.25, 0.3) is 0 Å². The zero-order chi connectivity index (χ0) is 11.3. The number of rotatable bonds is 5. The third kappa shape index (κ3) is 3.06. The first-order chi connectivity index (χ1) is 7.20. The highest BCUT2D eigenvalue weighted by molar-refractivity contribution is 9.10. The third-order valence-electron chi connectivity index (χ3n) is 2.47. The van der Waals surface area contributed by atoms with Crippen LogP contribution in [0.2, 0.25) is 0 Å². The highest BCUT2D eigenvalue weighted by atomic mass is 79.9. The molecule has 0 N–H and O–H groups in total. The minimum Gasteiger partial charge on any atom is -0.338 e. The largest absolute Gasteiger partial charge is 0.338 e. The van der Waals surface area contributed by atoms with Gasteiger partial charge in [0, 0.05) is 11.0 Å². The molecular weight excluding hydrogens is 254 g/mol. The van der Waals surface area contributed by atoms with Crippen LogP contribution in [0, 0.1) is 0 Å². The maximum atomic E-state index is 10.9. The van der Waals surface area contributed by atoms with E-state index in [1.165, 1.54) is 0 Å². The molecule has 1 rings (SSSR count). The lowest BCUT2D eigenvalue weighted by Gasteiger charge is -2.25. The van der Waals surface area contributed by atoms with Gasteiger partial charge in [0.1, 0.15) is 0 Å². The van der Waals surface area contributed by atoms with Crippen LogP contribution in [-0.2, 0) is 4.79 Å². The molecular formula is C12H16BrNO. The van der Waals surface area contributed by atoms with Gasteiger partial charge in [0.25, 0.3) is 0 Å². The van der Waals surface area contributed by atoms with Crippen molar-refractivity contribution in [1.29, 1.82) is 0 Å². The van der Waals surface area contributed by atoms with Gasteiger partial charge in [-0.25, -0.2) is 0 Å². The van der Waals surface area contributed by atoms with E-state index in [1.54, 1.807) is 0 Å². The Morgan fingerprint density at radius 2 is 2.13 bits per heavy atom. The van der Waals surface area contributed by atoms with Crippen LogP contribution in [-0.4, -0.2) is 17.9 Å². The van der Waals surface area contributed by atoms with Crippen LogP contribution in [0.5, 0.6) is 0 Å². The van der Waals surface area contributed by atoms with Crippen molar-refractivity contribution in [1.82, 2.24) is 4.90 Å². The summed E-state index contributed by atoms with van der Waals surface area (Å²) in [4.78, 5) is 12.8. The number of carbonyl (C=O) groups is 1. The highest BCUT2D eigenvalue weighted by Crippen LogP contribution is 2.26. The summed E-state index contributed by atoms with van der Waals surface area (Å²) in [6.45, 7) is 4.92. The van der Waals surface area contributed by atoms with Gasteiger partial charge in [-0.3, -0.25) is 4.79 Å². The van der Waals surface area contributed by atoms with Crippen LogP contribution in [0.3, 0.4) is 0 Å². The topological polar surface area (TPSA) is 20.3 Å². The molecule has 0 aliphatic heterocycles. The maximum Gasteiger partial charge on any atom is 0.210 e. The second-order valence-corrected chi connectivity index (χ2v) is 4.40. The first kappa shape index (κ1) is 12.2. The number of hydrogen-bond donors (Lipinski definition) is 0. The molecule has 1 aromatic rings. The van der Waals surface area contributed by atoms with E-state index in [0.29, 0.717) is 0 Å². The zero-order valence-corrected chi connectivity index (χ0v) is 10.7. The average Bonchev–Trinajstić information content (AvgIpc) is 2.25. The molecule has 3 heteroatoms. The predicted molar refractivity (Wildman–Crippen MR) is 65.6 cm³/mol. The van der Waals surface area contributed by atoms with Crippen molar-refractivity contribution >= 4 is 22.3 Å². The summed E-state index contributed by atoms with van der Waals surface area (Å²) in [6, 6.07) is 8.14. The van der Waals surface area contributed by atoms with Crippen LogP contribution in [0.1, 0.15) is 31.9 Å². The molecule has 1 aromatic carbocycles. The van der Waals surface area contributed by atoms with Gasteiger partial charge in [0.15, 0.2) is 0 Å². The van der Waals surface area contributed by atoms with E-state index in [4.69, 9.17) is 0 Å². The molecule has 1 amide bonds. The van der Waals surface area contributed by atoms with Gasteiger partial charge in [-0.1, -0.05) is 41.1 Å². The first-order valence-electron chi connectivity index (χ1n) is 5.16. The monoisotopic (exact) mass is 269 g/mol. The second kappa shape index (κ2) is 5.91. The van der Waals surface area contributed by atoms with Gasteiger partial charge in [-0.2, -0.15) is 0 Å². The third-order valence-corrected chi connectivity index (χ3v) is 3.19. The summed E-state index contributed by atoms with van der Waals surface area (Å²) in [6.07, 6.45) is 1.90. The van der Waals surface area contributed by atoms with Gasteiger partial charge in [0.05, 0.1) is 6.04 Å². The number of nitrogens with zero attached hydrogens (tertiary/aromatic N) is 1. The smallest absolute Gasteiger partial charge is 0.210 e. The summed E-state index contributed by atoms with van der Waals surface area (Å²) in [5, 5.41) is 0. The molecule has 0 aromatic heterocycles. The molecule has 0 saturated carbocycles. The van der Waals surface area contributed by atoms with Crippen LogP contribution in [0.4, 0.5) is 0 Å². The molecule has 0 aliphatic rings. The molecule has 0 spiro atoms. The van der Waals surface area contributed by atoms with E-state index in [9.17, 15) is 4.79 Å². The fourth-order valence-corrected chi connectivity index (χ4v) is 2.20. The van der Waals surface area contributed by atoms with E-state index in [1.807, 2.05) is 36.1 Å². The number of benzene rings is 1. The summed E-state index contributed by atoms with van der Waals surface area (Å²) in [7, 11) is 0. The number of carbonyl (C=O) groups excluding carboxylic acids is 1. The van der Waals surface area contributed by atoms with Gasteiger partial charge < -0.3 is 4.90 Å². The Bertz CT molecular complexity index is 327. The van der Waals surface area contributed by atoms with Crippen molar-refractivity contribution in [2.75, 3.05) is 6.54 Å². The lowest BCUT2D eigenvalue weighted by Crippen LogP contribution is -2.26. The lowest BCUT2D eigenvalue weighted by atomic mass is 10.1. The predicted octanol–water partition coefficient (Wildman–Crippen LogP) is 3.38. The van der Waals surface area contributed by atoms with Crippen molar-refractivity contribution in [2.24, 2.45) is 0 Å². The molecule has 0 heterocycles. The summed E-state index contributed by atoms with van der Waals surface area (Å²) >= 11 is 3.50. The van der Waals surface area contributed by atoms with E-state index < -0.39 is 0 Å². The second-order valence-electron chi connectivity index (χ2n) is 3.54. The molecule has 82 valence electrons. The molecule has 0 saturated heterocycles. The Morgan fingerprint density at radius 1 is 1.47 bits per heavy atom. The summed E-state index contributed by atoms with van der Waals surface area (Å²) < 4.78 is 1.06. The Hall–Kier alpha value is -0.830. The Balaban J connectivity index is 2.87. The van der Waals surface area contributed by atoms with Gasteiger partial charge in [-0.05, 0) is 25.0 Å². The van der Waals surface area contributed by atoms with Crippen LogP contribution >= 0.6 is 15.9 Å². The van der Waals surface area contributed by atoms with Gasteiger partial charge in [-0.15, -0.1) is 0 Å². The van der Waals surface area contributed by atoms with Gasteiger partial charge >= 0.3 is 0 Å². The van der Waals surface area contributed by atoms with Crippen molar-refractivity contribution in [3.63, 3.8) is 0 Å². The molecule has 0 fully saturated rings. The Morgan fingerprint density at radius 3 is 2.67 bits per heavy atom. The van der Waals surface area contributed by atoms with E-state index in [2.05, 4.69) is 22.9 Å². The highest BCUT2D eigenvalue weighted by Gasteiger charge is 2.14. The molecule has 1 atom stereocenters. The minimum absolute atomic E-state index is 0.123. The Kier molecular flexibility index (Phi) is 4.82. The summed E-state index contributed by atoms with van der Waals surface area (Å²) in [5.41, 5.74) is 1.15. The molecule has 0 bridgehead atoms. The van der Waals surface area contributed by atoms with Crippen LogP contribution < -0.4 is 0 Å². The van der Waals surface area contributed by atoms with Crippen LogP contribution in [0.15, 0.2) is 28.7 Å². The quantitative estimate of drug-likeness (QED) is 0.751. The fraction of sp³-hybridized carbons (Fsp3) is 0.417. The molecule has 0 aliphatic carbocycles. The standard InChI is InChI=1S/C12H16BrNO/c1-3-8-14(9-15)10(2)11-6-4-5-7-12(11)13/h4-7,9-10H,3,8H2,1-2H3. The van der Waals surface area contributed by atoms with Gasteiger partial charge in [0.2, 0.25) is 6.41 Å². The average molecular weight is 270 g/mol. The van der Waals surface area contributed by atoms with E-state index in [0.717, 1.165) is 29.4 Å². The molecule has 1 unspecified atom stereocenters. The minimum atomic E-state index is 0.123. The normalized spacial score (nSPS) is 12.2. The van der Waals surface area contributed by atoms with Crippen molar-refractivity contribution < 1.29 is 4.79 Å². The number of halogens is 1. The number of amides is 1. The fourth-order valence-electron chi connectivity index (χ4n) is 1.59. The van der Waals surface area contributed by atoms with E-state index >= 15 is 0 Å². The molecule has 15 heavy (non-hydrogen) atoms. The summed E-state index contributed by atoms with van der Waals surface area (Å²) in [5.74, 6) is 0. The van der Waals surface area contributed by atoms with Crippen molar-refractivity contribution in [3.05, 3.63) is 34.3 Å². The number of hydrogen-bond acceptors (Lipinski definition) is 1. The lowest BCUT2D eigenvalue weighted by molar-refractivity contribution is -0.120. The van der Waals surface area contributed by atoms with E-state index in [-0.39, 0.29) is 6.04 Å². The molecule has 0 radical (unpaired) electrons. The zero-order valence-electron chi connectivity index (χ0n) is 9.11. The van der Waals surface area contributed by atoms with Crippen molar-refractivity contribution in [2.45, 2.75) is 26.3 Å². The van der Waals surface area contributed by atoms with Crippen molar-refractivity contribution in [3.8, 4) is 0 Å². The SMILES string of the molecule is CCCN(C=O)C(C)c1ccccc1Br. The maximum absolute atomic E-state index is 10.9. The first-order valence-corrected chi connectivity index (χ1v) is 5.95.